The SMILES string of the molecule is O=[N+]([O-])c1ccccc1-c1ccnc2nnnn12. The average Bonchev–Trinajstić information content (AvgIpc) is 2.86. The number of rotatable bonds is 2. The summed E-state index contributed by atoms with van der Waals surface area (Å²) in [6, 6.07) is 8.05. The second-order valence-electron chi connectivity index (χ2n) is 3.50. The summed E-state index contributed by atoms with van der Waals surface area (Å²) in [4.78, 5) is 14.5. The van der Waals surface area contributed by atoms with Crippen molar-refractivity contribution in [2.24, 2.45) is 0 Å². The monoisotopic (exact) mass is 242 g/mol. The Morgan fingerprint density at radius 2 is 2.06 bits per heavy atom. The summed E-state index contributed by atoms with van der Waals surface area (Å²) in [6.45, 7) is 0. The van der Waals surface area contributed by atoms with Gasteiger partial charge >= 0.3 is 0 Å². The molecule has 0 aliphatic rings. The Hall–Kier alpha value is -2.90. The molecule has 0 unspecified atom stereocenters. The maximum atomic E-state index is 11.0. The summed E-state index contributed by atoms with van der Waals surface area (Å²) in [7, 11) is 0. The molecular weight excluding hydrogens is 236 g/mol. The van der Waals surface area contributed by atoms with Gasteiger partial charge in [-0.1, -0.05) is 17.2 Å². The molecule has 0 aliphatic carbocycles. The van der Waals surface area contributed by atoms with Crippen LogP contribution < -0.4 is 0 Å². The number of aromatic nitrogens is 5. The summed E-state index contributed by atoms with van der Waals surface area (Å²) in [5.41, 5.74) is 0.972. The van der Waals surface area contributed by atoms with Crippen LogP contribution in [0.2, 0.25) is 0 Å². The van der Waals surface area contributed by atoms with Crippen LogP contribution in [0, 0.1) is 10.1 Å². The lowest BCUT2D eigenvalue weighted by Crippen LogP contribution is -1.99. The summed E-state index contributed by atoms with van der Waals surface area (Å²) in [6.07, 6.45) is 1.51. The highest BCUT2D eigenvalue weighted by Crippen LogP contribution is 2.28. The predicted octanol–water partition coefficient (Wildman–Crippen LogP) is 1.09. The Morgan fingerprint density at radius 1 is 1.22 bits per heavy atom. The molecule has 0 spiro atoms. The van der Waals surface area contributed by atoms with Crippen molar-refractivity contribution in [1.29, 1.82) is 0 Å². The molecule has 1 aromatic carbocycles. The fraction of sp³-hybridized carbons (Fsp3) is 0. The van der Waals surface area contributed by atoms with Gasteiger partial charge in [0.1, 0.15) is 0 Å². The Labute approximate surface area is 100 Å². The molecule has 0 bridgehead atoms. The van der Waals surface area contributed by atoms with E-state index >= 15 is 0 Å². The molecule has 2 aromatic heterocycles. The molecule has 2 heterocycles. The maximum Gasteiger partial charge on any atom is 0.278 e. The summed E-state index contributed by atoms with van der Waals surface area (Å²) >= 11 is 0. The second kappa shape index (κ2) is 3.84. The highest BCUT2D eigenvalue weighted by molar-refractivity contribution is 5.71. The number of para-hydroxylation sites is 1. The molecule has 0 fully saturated rings. The number of hydrogen-bond donors (Lipinski definition) is 0. The van der Waals surface area contributed by atoms with E-state index < -0.39 is 4.92 Å². The van der Waals surface area contributed by atoms with Crippen LogP contribution in [0.3, 0.4) is 0 Å². The molecular formula is C10H6N6O2. The minimum atomic E-state index is -0.439. The Morgan fingerprint density at radius 3 is 2.89 bits per heavy atom. The van der Waals surface area contributed by atoms with Gasteiger partial charge in [0.15, 0.2) is 0 Å². The van der Waals surface area contributed by atoms with Crippen LogP contribution in [0.15, 0.2) is 36.5 Å². The van der Waals surface area contributed by atoms with Gasteiger partial charge in [0.25, 0.3) is 11.5 Å². The first kappa shape index (κ1) is 10.3. The summed E-state index contributed by atoms with van der Waals surface area (Å²) < 4.78 is 1.36. The molecule has 0 aliphatic heterocycles. The fourth-order valence-corrected chi connectivity index (χ4v) is 1.72. The molecule has 0 saturated carbocycles. The van der Waals surface area contributed by atoms with Crippen LogP contribution >= 0.6 is 0 Å². The van der Waals surface area contributed by atoms with Gasteiger partial charge in [-0.05, 0) is 22.6 Å². The van der Waals surface area contributed by atoms with Crippen LogP contribution in [0.25, 0.3) is 17.0 Å². The highest BCUT2D eigenvalue weighted by atomic mass is 16.6. The maximum absolute atomic E-state index is 11.0. The van der Waals surface area contributed by atoms with Gasteiger partial charge in [-0.15, -0.1) is 0 Å². The van der Waals surface area contributed by atoms with Crippen molar-refractivity contribution in [3.63, 3.8) is 0 Å². The first-order chi connectivity index (χ1) is 8.77. The number of nitro groups is 1. The van der Waals surface area contributed by atoms with Crippen molar-refractivity contribution in [3.8, 4) is 11.3 Å². The van der Waals surface area contributed by atoms with Crippen molar-refractivity contribution < 1.29 is 4.92 Å². The van der Waals surface area contributed by atoms with E-state index in [0.29, 0.717) is 17.0 Å². The molecule has 8 heteroatoms. The van der Waals surface area contributed by atoms with E-state index in [1.165, 1.54) is 16.8 Å². The van der Waals surface area contributed by atoms with Gasteiger partial charge < -0.3 is 0 Å². The van der Waals surface area contributed by atoms with Crippen molar-refractivity contribution in [2.45, 2.75) is 0 Å². The molecule has 0 atom stereocenters. The highest BCUT2D eigenvalue weighted by Gasteiger charge is 2.17. The van der Waals surface area contributed by atoms with Gasteiger partial charge in [-0.2, -0.15) is 4.52 Å². The van der Waals surface area contributed by atoms with E-state index in [4.69, 9.17) is 0 Å². The van der Waals surface area contributed by atoms with Crippen molar-refractivity contribution in [3.05, 3.63) is 46.6 Å². The van der Waals surface area contributed by atoms with Crippen LogP contribution in [0.5, 0.6) is 0 Å². The van der Waals surface area contributed by atoms with E-state index in [1.807, 2.05) is 0 Å². The molecule has 3 aromatic rings. The normalized spacial score (nSPS) is 10.7. The molecule has 88 valence electrons. The average molecular weight is 242 g/mol. The zero-order chi connectivity index (χ0) is 12.5. The molecule has 0 amide bonds. The smallest absolute Gasteiger partial charge is 0.258 e. The lowest BCUT2D eigenvalue weighted by atomic mass is 10.1. The predicted molar refractivity (Wildman–Crippen MR) is 60.7 cm³/mol. The van der Waals surface area contributed by atoms with Gasteiger partial charge in [-0.3, -0.25) is 10.1 Å². The molecule has 0 N–H and O–H groups in total. The lowest BCUT2D eigenvalue weighted by molar-refractivity contribution is -0.384. The van der Waals surface area contributed by atoms with Crippen molar-refractivity contribution in [1.82, 2.24) is 25.0 Å². The zero-order valence-electron chi connectivity index (χ0n) is 8.96. The molecule has 18 heavy (non-hydrogen) atoms. The third-order valence-electron chi connectivity index (χ3n) is 2.48. The van der Waals surface area contributed by atoms with Crippen molar-refractivity contribution >= 4 is 11.5 Å². The first-order valence-corrected chi connectivity index (χ1v) is 5.04. The van der Waals surface area contributed by atoms with Gasteiger partial charge in [-0.25, -0.2) is 4.98 Å². The van der Waals surface area contributed by atoms with E-state index in [-0.39, 0.29) is 5.69 Å². The third kappa shape index (κ3) is 1.47. The molecule has 3 rings (SSSR count). The van der Waals surface area contributed by atoms with E-state index in [1.54, 1.807) is 24.3 Å². The van der Waals surface area contributed by atoms with Crippen LogP contribution in [0.4, 0.5) is 5.69 Å². The molecule has 0 radical (unpaired) electrons. The minimum absolute atomic E-state index is 0.000463. The number of benzene rings is 1. The van der Waals surface area contributed by atoms with E-state index in [2.05, 4.69) is 20.5 Å². The Balaban J connectivity index is 2.33. The number of tetrazole rings is 1. The Kier molecular flexibility index (Phi) is 2.19. The fourth-order valence-electron chi connectivity index (χ4n) is 1.72. The van der Waals surface area contributed by atoms with Gasteiger partial charge in [0.2, 0.25) is 0 Å². The standard InChI is InChI=1S/C10H6N6O2/c17-16(18)9-4-2-1-3-7(9)8-5-6-11-10-12-13-14-15(8)10/h1-6H. The summed E-state index contributed by atoms with van der Waals surface area (Å²) in [5.74, 6) is 0.297. The quantitative estimate of drug-likeness (QED) is 0.492. The number of nitrogens with zero attached hydrogens (tertiary/aromatic N) is 6. The van der Waals surface area contributed by atoms with Gasteiger partial charge in [0.05, 0.1) is 16.2 Å². The number of nitro benzene ring substituents is 1. The van der Waals surface area contributed by atoms with Crippen LogP contribution in [0.1, 0.15) is 0 Å². The second-order valence-corrected chi connectivity index (χ2v) is 3.50. The van der Waals surface area contributed by atoms with Gasteiger partial charge in [0, 0.05) is 12.3 Å². The van der Waals surface area contributed by atoms with E-state index in [9.17, 15) is 10.1 Å². The van der Waals surface area contributed by atoms with Crippen LogP contribution in [-0.2, 0) is 0 Å². The molecule has 0 saturated heterocycles. The van der Waals surface area contributed by atoms with Crippen LogP contribution in [-0.4, -0.2) is 29.9 Å². The number of fused-ring (bicyclic) bond motifs is 1. The minimum Gasteiger partial charge on any atom is -0.258 e. The third-order valence-corrected chi connectivity index (χ3v) is 2.48. The first-order valence-electron chi connectivity index (χ1n) is 5.04. The largest absolute Gasteiger partial charge is 0.278 e. The summed E-state index contributed by atoms with van der Waals surface area (Å²) in [5, 5.41) is 22.0. The molecule has 8 nitrogen and oxygen atoms in total. The number of hydrogen-bond acceptors (Lipinski definition) is 6. The topological polar surface area (TPSA) is 99.1 Å². The van der Waals surface area contributed by atoms with Crippen molar-refractivity contribution in [2.75, 3.05) is 0 Å². The Bertz CT molecular complexity index is 738. The lowest BCUT2D eigenvalue weighted by Gasteiger charge is -2.03. The van der Waals surface area contributed by atoms with E-state index in [0.717, 1.165) is 0 Å². The zero-order valence-corrected chi connectivity index (χ0v) is 8.96.